The second-order valence-corrected chi connectivity index (χ2v) is 7.93. The number of aryl methyl sites for hydroxylation is 1. The Morgan fingerprint density at radius 3 is 2.68 bits per heavy atom. The first kappa shape index (κ1) is 23.2. The van der Waals surface area contributed by atoms with Crippen molar-refractivity contribution in [1.29, 1.82) is 0 Å². The lowest BCUT2D eigenvalue weighted by Gasteiger charge is -2.28. The zero-order valence-electron chi connectivity index (χ0n) is 19.3. The highest BCUT2D eigenvalue weighted by molar-refractivity contribution is 5.80. The molecule has 9 heteroatoms. The Kier molecular flexibility index (Phi) is 7.67. The van der Waals surface area contributed by atoms with Gasteiger partial charge in [0.2, 0.25) is 5.91 Å². The third-order valence-corrected chi connectivity index (χ3v) is 5.14. The predicted molar refractivity (Wildman–Crippen MR) is 131 cm³/mol. The van der Waals surface area contributed by atoms with Crippen LogP contribution in [-0.2, 0) is 16.1 Å². The van der Waals surface area contributed by atoms with Crippen LogP contribution in [0.3, 0.4) is 0 Å². The fourth-order valence-electron chi connectivity index (χ4n) is 3.40. The molecule has 0 unspecified atom stereocenters. The fourth-order valence-corrected chi connectivity index (χ4v) is 3.40. The van der Waals surface area contributed by atoms with Gasteiger partial charge in [-0.2, -0.15) is 15.1 Å². The summed E-state index contributed by atoms with van der Waals surface area (Å²) >= 11 is 0. The molecule has 1 aromatic heterocycles. The van der Waals surface area contributed by atoms with Crippen LogP contribution in [0.4, 0.5) is 11.6 Å². The number of aromatic nitrogens is 2. The van der Waals surface area contributed by atoms with Crippen molar-refractivity contribution in [2.45, 2.75) is 20.4 Å². The van der Waals surface area contributed by atoms with Crippen LogP contribution >= 0.6 is 0 Å². The van der Waals surface area contributed by atoms with Crippen LogP contribution in [0.25, 0.3) is 0 Å². The number of amides is 1. The lowest BCUT2D eigenvalue weighted by atomic mass is 10.2. The number of carbonyl (C=O) groups excluding carboxylic acids is 1. The zero-order valence-corrected chi connectivity index (χ0v) is 19.3. The van der Waals surface area contributed by atoms with Gasteiger partial charge in [-0.3, -0.25) is 10.2 Å². The summed E-state index contributed by atoms with van der Waals surface area (Å²) in [5.41, 5.74) is 6.12. The number of hydrogen-bond donors (Lipinski definition) is 2. The number of morpholine rings is 1. The zero-order chi connectivity index (χ0) is 23.8. The summed E-state index contributed by atoms with van der Waals surface area (Å²) in [4.78, 5) is 22.3. The van der Waals surface area contributed by atoms with E-state index in [-0.39, 0.29) is 11.9 Å². The third kappa shape index (κ3) is 6.76. The molecule has 2 N–H and O–H groups in total. The lowest BCUT2D eigenvalue weighted by Crippen LogP contribution is -2.36. The van der Waals surface area contributed by atoms with Gasteiger partial charge in [-0.1, -0.05) is 42.0 Å². The maximum Gasteiger partial charge on any atom is 0.325 e. The van der Waals surface area contributed by atoms with Crippen LogP contribution in [0.5, 0.6) is 11.8 Å². The molecule has 9 nitrogen and oxygen atoms in total. The van der Waals surface area contributed by atoms with E-state index in [4.69, 9.17) is 9.47 Å². The van der Waals surface area contributed by atoms with Gasteiger partial charge in [0.15, 0.2) is 5.82 Å². The van der Waals surface area contributed by atoms with Gasteiger partial charge in [-0.05, 0) is 30.2 Å². The van der Waals surface area contributed by atoms with Crippen molar-refractivity contribution < 1.29 is 14.3 Å². The highest BCUT2D eigenvalue weighted by Gasteiger charge is 2.16. The van der Waals surface area contributed by atoms with E-state index in [1.165, 1.54) is 12.5 Å². The quantitative estimate of drug-likeness (QED) is 0.392. The molecule has 0 saturated carbocycles. The Labute approximate surface area is 198 Å². The summed E-state index contributed by atoms with van der Waals surface area (Å²) in [6.45, 7) is 6.76. The molecule has 1 aliphatic rings. The van der Waals surface area contributed by atoms with Gasteiger partial charge < -0.3 is 19.7 Å². The normalized spacial score (nSPS) is 13.6. The van der Waals surface area contributed by atoms with Crippen LogP contribution < -0.4 is 20.4 Å². The monoisotopic (exact) mass is 460 g/mol. The second-order valence-electron chi connectivity index (χ2n) is 7.93. The Morgan fingerprint density at radius 1 is 1.15 bits per heavy atom. The molecule has 2 aromatic carbocycles. The summed E-state index contributed by atoms with van der Waals surface area (Å²) in [6.07, 6.45) is 1.75. The molecule has 0 spiro atoms. The standard InChI is InChI=1S/C25H28N6O3/c1-18-4-3-5-21(14-18)17-27-30-23-15-24(31-10-12-33-13-11-31)29-25(28-23)34-22-8-6-20(7-9-22)16-26-19(2)32/h3-9,14-15,17H,10-13,16H2,1-2H3,(H,26,32)(H,28,29,30)/b27-17+. The number of rotatable bonds is 8. The topological polar surface area (TPSA) is 101 Å². The fraction of sp³-hybridized carbons (Fsp3) is 0.280. The van der Waals surface area contributed by atoms with Crippen molar-refractivity contribution in [2.75, 3.05) is 36.6 Å². The largest absolute Gasteiger partial charge is 0.424 e. The number of benzene rings is 2. The highest BCUT2D eigenvalue weighted by atomic mass is 16.5. The van der Waals surface area contributed by atoms with Crippen LogP contribution in [0.2, 0.25) is 0 Å². The number of ether oxygens (including phenoxy) is 2. The van der Waals surface area contributed by atoms with Crippen molar-refractivity contribution in [3.05, 3.63) is 71.3 Å². The van der Waals surface area contributed by atoms with Crippen molar-refractivity contribution in [3.63, 3.8) is 0 Å². The van der Waals surface area contributed by atoms with Gasteiger partial charge >= 0.3 is 6.01 Å². The third-order valence-electron chi connectivity index (χ3n) is 5.14. The summed E-state index contributed by atoms with van der Waals surface area (Å²) in [5, 5.41) is 7.11. The first-order valence-corrected chi connectivity index (χ1v) is 11.1. The van der Waals surface area contributed by atoms with E-state index in [0.717, 1.165) is 30.0 Å². The van der Waals surface area contributed by atoms with E-state index in [2.05, 4.69) is 36.8 Å². The minimum absolute atomic E-state index is 0.0706. The molecule has 1 amide bonds. The molecule has 1 saturated heterocycles. The average Bonchev–Trinajstić information content (AvgIpc) is 2.84. The smallest absolute Gasteiger partial charge is 0.325 e. The summed E-state index contributed by atoms with van der Waals surface area (Å²) in [7, 11) is 0. The van der Waals surface area contributed by atoms with Crippen LogP contribution in [-0.4, -0.2) is 48.4 Å². The molecule has 34 heavy (non-hydrogen) atoms. The highest BCUT2D eigenvalue weighted by Crippen LogP contribution is 2.24. The molecule has 176 valence electrons. The first-order valence-electron chi connectivity index (χ1n) is 11.1. The van der Waals surface area contributed by atoms with Crippen molar-refractivity contribution in [2.24, 2.45) is 5.10 Å². The number of carbonyl (C=O) groups is 1. The van der Waals surface area contributed by atoms with Gasteiger partial charge in [0.1, 0.15) is 11.6 Å². The maximum atomic E-state index is 11.1. The van der Waals surface area contributed by atoms with Crippen molar-refractivity contribution in [1.82, 2.24) is 15.3 Å². The van der Waals surface area contributed by atoms with Gasteiger partial charge in [-0.15, -0.1) is 0 Å². The number of hydrazone groups is 1. The van der Waals surface area contributed by atoms with Gasteiger partial charge in [0.05, 0.1) is 19.4 Å². The summed E-state index contributed by atoms with van der Waals surface area (Å²) < 4.78 is 11.4. The second kappa shape index (κ2) is 11.2. The van der Waals surface area contributed by atoms with E-state index in [0.29, 0.717) is 31.3 Å². The SMILES string of the molecule is CC(=O)NCc1ccc(Oc2nc(N/N=C/c3cccc(C)c3)cc(N3CCOCC3)n2)cc1. The van der Waals surface area contributed by atoms with E-state index in [1.807, 2.05) is 55.5 Å². The van der Waals surface area contributed by atoms with E-state index in [1.54, 1.807) is 6.21 Å². The number of nitrogens with zero attached hydrogens (tertiary/aromatic N) is 4. The summed E-state index contributed by atoms with van der Waals surface area (Å²) in [6, 6.07) is 17.6. The molecule has 0 radical (unpaired) electrons. The van der Waals surface area contributed by atoms with Crippen molar-refractivity contribution >= 4 is 23.8 Å². The molecule has 0 aliphatic carbocycles. The molecular formula is C25H28N6O3. The molecule has 4 rings (SSSR count). The Bertz CT molecular complexity index is 1140. The minimum atomic E-state index is -0.0706. The molecule has 2 heterocycles. The average molecular weight is 461 g/mol. The van der Waals surface area contributed by atoms with Crippen LogP contribution in [0.1, 0.15) is 23.6 Å². The van der Waals surface area contributed by atoms with Crippen molar-refractivity contribution in [3.8, 4) is 11.8 Å². The van der Waals surface area contributed by atoms with E-state index >= 15 is 0 Å². The Hall–Kier alpha value is -3.98. The molecule has 1 fully saturated rings. The van der Waals surface area contributed by atoms with E-state index < -0.39 is 0 Å². The lowest BCUT2D eigenvalue weighted by molar-refractivity contribution is -0.119. The minimum Gasteiger partial charge on any atom is -0.424 e. The summed E-state index contributed by atoms with van der Waals surface area (Å²) in [5.74, 6) is 1.79. The molecule has 0 bridgehead atoms. The molecule has 3 aromatic rings. The van der Waals surface area contributed by atoms with Crippen LogP contribution in [0.15, 0.2) is 59.7 Å². The molecule has 0 atom stereocenters. The maximum absolute atomic E-state index is 11.1. The van der Waals surface area contributed by atoms with Gasteiger partial charge in [0.25, 0.3) is 0 Å². The molecular weight excluding hydrogens is 432 g/mol. The van der Waals surface area contributed by atoms with Gasteiger partial charge in [0, 0.05) is 32.6 Å². The first-order chi connectivity index (χ1) is 16.5. The Balaban J connectivity index is 1.51. The number of nitrogens with one attached hydrogen (secondary N) is 2. The van der Waals surface area contributed by atoms with Gasteiger partial charge in [-0.25, -0.2) is 0 Å². The predicted octanol–water partition coefficient (Wildman–Crippen LogP) is 3.50. The van der Waals surface area contributed by atoms with Crippen LogP contribution in [0, 0.1) is 6.92 Å². The molecule has 1 aliphatic heterocycles. The number of hydrogen-bond acceptors (Lipinski definition) is 8. The van der Waals surface area contributed by atoms with E-state index in [9.17, 15) is 4.79 Å². The Morgan fingerprint density at radius 2 is 1.94 bits per heavy atom. The number of anilines is 2.